The molecule has 8 nitrogen and oxygen atoms in total. The zero-order valence-electron chi connectivity index (χ0n) is 12.6. The quantitative estimate of drug-likeness (QED) is 0.575. The molecule has 24 heavy (non-hydrogen) atoms. The third kappa shape index (κ3) is 13.8. The molecule has 4 heterocycles. The van der Waals surface area contributed by atoms with E-state index in [2.05, 4.69) is 39.3 Å². The molecule has 1 aliphatic heterocycles. The van der Waals surface area contributed by atoms with Crippen molar-refractivity contribution in [2.24, 2.45) is 4.99 Å². The van der Waals surface area contributed by atoms with Crippen molar-refractivity contribution in [1.82, 2.24) is 30.1 Å². The van der Waals surface area contributed by atoms with Crippen LogP contribution in [0, 0.1) is 0 Å². The van der Waals surface area contributed by atoms with Gasteiger partial charge in [-0.25, -0.2) is 15.0 Å². The SMILES string of the molecule is C1=CSOC=N1.c1ccnnc1.c1cnccn1.c1cncnc1. The van der Waals surface area contributed by atoms with Crippen LogP contribution in [-0.2, 0) is 4.18 Å². The number of hydrogen-bond acceptors (Lipinski definition) is 9. The van der Waals surface area contributed by atoms with Gasteiger partial charge in [-0.3, -0.25) is 9.97 Å². The maximum Gasteiger partial charge on any atom is 0.191 e. The Labute approximate surface area is 144 Å². The van der Waals surface area contributed by atoms with Gasteiger partial charge < -0.3 is 4.18 Å². The van der Waals surface area contributed by atoms with Crippen molar-refractivity contribution < 1.29 is 4.18 Å². The highest BCUT2D eigenvalue weighted by Gasteiger charge is 1.78. The van der Waals surface area contributed by atoms with Gasteiger partial charge in [0, 0.05) is 61.2 Å². The molecule has 0 unspecified atom stereocenters. The molecule has 0 fully saturated rings. The third-order valence-corrected chi connectivity index (χ3v) is 2.23. The monoisotopic (exact) mass is 341 g/mol. The van der Waals surface area contributed by atoms with Crippen LogP contribution in [0.4, 0.5) is 0 Å². The van der Waals surface area contributed by atoms with Crippen LogP contribution in [0.25, 0.3) is 0 Å². The highest BCUT2D eigenvalue weighted by atomic mass is 32.2. The Morgan fingerprint density at radius 1 is 0.625 bits per heavy atom. The van der Waals surface area contributed by atoms with Crippen LogP contribution in [0.2, 0.25) is 0 Å². The summed E-state index contributed by atoms with van der Waals surface area (Å²) < 4.78 is 4.61. The predicted octanol–water partition coefficient (Wildman–Crippen LogP) is 2.59. The average molecular weight is 341 g/mol. The summed E-state index contributed by atoms with van der Waals surface area (Å²) in [5.74, 6) is 0. The molecule has 0 N–H and O–H groups in total. The first-order chi connectivity index (χ1) is 12.0. The van der Waals surface area contributed by atoms with Crippen molar-refractivity contribution in [1.29, 1.82) is 0 Å². The fourth-order valence-electron chi connectivity index (χ4n) is 0.937. The van der Waals surface area contributed by atoms with Crippen molar-refractivity contribution in [2.75, 3.05) is 0 Å². The van der Waals surface area contributed by atoms with Gasteiger partial charge in [0.2, 0.25) is 0 Å². The van der Waals surface area contributed by atoms with E-state index in [0.29, 0.717) is 0 Å². The van der Waals surface area contributed by atoms with E-state index >= 15 is 0 Å². The first-order valence-electron chi connectivity index (χ1n) is 6.60. The maximum absolute atomic E-state index is 4.61. The molecule has 122 valence electrons. The van der Waals surface area contributed by atoms with Crippen molar-refractivity contribution >= 4 is 18.4 Å². The van der Waals surface area contributed by atoms with Gasteiger partial charge >= 0.3 is 0 Å². The van der Waals surface area contributed by atoms with Crippen molar-refractivity contribution in [3.05, 3.63) is 85.7 Å². The zero-order chi connectivity index (χ0) is 17.0. The van der Waals surface area contributed by atoms with Crippen LogP contribution in [-0.4, -0.2) is 36.5 Å². The first kappa shape index (κ1) is 18.8. The van der Waals surface area contributed by atoms with Gasteiger partial charge in [0.05, 0.1) is 12.0 Å². The van der Waals surface area contributed by atoms with Gasteiger partial charge in [0.15, 0.2) is 6.40 Å². The van der Waals surface area contributed by atoms with E-state index in [-0.39, 0.29) is 0 Å². The van der Waals surface area contributed by atoms with Crippen molar-refractivity contribution in [3.63, 3.8) is 0 Å². The van der Waals surface area contributed by atoms with Gasteiger partial charge in [-0.1, -0.05) is 0 Å². The van der Waals surface area contributed by atoms with Crippen LogP contribution in [0.15, 0.2) is 90.7 Å². The Hall–Kier alpha value is -3.20. The fourth-order valence-corrected chi connectivity index (χ4v) is 1.22. The van der Waals surface area contributed by atoms with Gasteiger partial charge in [0.25, 0.3) is 0 Å². The second-order valence-electron chi connectivity index (χ2n) is 3.44. The van der Waals surface area contributed by atoms with E-state index in [9.17, 15) is 0 Å². The number of aromatic nitrogens is 6. The topological polar surface area (TPSA) is 98.9 Å². The van der Waals surface area contributed by atoms with Crippen LogP contribution in [0.5, 0.6) is 0 Å². The molecule has 3 aromatic heterocycles. The van der Waals surface area contributed by atoms with E-state index in [1.807, 2.05) is 12.1 Å². The molecule has 0 aromatic carbocycles. The van der Waals surface area contributed by atoms with Crippen LogP contribution in [0.1, 0.15) is 0 Å². The molecule has 0 atom stereocenters. The minimum atomic E-state index is 1.27. The minimum Gasteiger partial charge on any atom is -0.409 e. The van der Waals surface area contributed by atoms with Crippen LogP contribution < -0.4 is 0 Å². The predicted molar refractivity (Wildman–Crippen MR) is 92.4 cm³/mol. The second-order valence-corrected chi connectivity index (χ2v) is 4.10. The Morgan fingerprint density at radius 3 is 1.42 bits per heavy atom. The summed E-state index contributed by atoms with van der Waals surface area (Å²) >= 11 is 1.27. The summed E-state index contributed by atoms with van der Waals surface area (Å²) in [5.41, 5.74) is 0. The summed E-state index contributed by atoms with van der Waals surface area (Å²) in [5, 5.41) is 8.83. The Kier molecular flexibility index (Phi) is 12.7. The Morgan fingerprint density at radius 2 is 1.25 bits per heavy atom. The lowest BCUT2D eigenvalue weighted by Crippen LogP contribution is -1.73. The van der Waals surface area contributed by atoms with E-state index in [1.54, 1.807) is 67.2 Å². The molecule has 1 aliphatic rings. The molecule has 0 radical (unpaired) electrons. The van der Waals surface area contributed by atoms with E-state index < -0.39 is 0 Å². The third-order valence-electron chi connectivity index (χ3n) is 1.80. The van der Waals surface area contributed by atoms with Crippen LogP contribution >= 0.6 is 12.0 Å². The summed E-state index contributed by atoms with van der Waals surface area (Å²) in [4.78, 5) is 18.4. The summed E-state index contributed by atoms with van der Waals surface area (Å²) in [7, 11) is 0. The minimum absolute atomic E-state index is 1.27. The lowest BCUT2D eigenvalue weighted by atomic mass is 10.6. The lowest BCUT2D eigenvalue weighted by molar-refractivity contribution is 0.676. The normalized spacial score (nSPS) is 10.3. The summed E-state index contributed by atoms with van der Waals surface area (Å²) in [6.07, 6.45) is 17.8. The fraction of sp³-hybridized carbons (Fsp3) is 0. The molecular weight excluding hydrogens is 326 g/mol. The average Bonchev–Trinajstić information content (AvgIpc) is 2.75. The lowest BCUT2D eigenvalue weighted by Gasteiger charge is -1.90. The Balaban J connectivity index is 0.000000160. The molecule has 4 rings (SSSR count). The van der Waals surface area contributed by atoms with Gasteiger partial charge in [0.1, 0.15) is 6.33 Å². The molecule has 0 aliphatic carbocycles. The van der Waals surface area contributed by atoms with E-state index in [0.717, 1.165) is 0 Å². The largest absolute Gasteiger partial charge is 0.409 e. The smallest absolute Gasteiger partial charge is 0.191 e. The van der Waals surface area contributed by atoms with Crippen molar-refractivity contribution in [3.8, 4) is 0 Å². The highest BCUT2D eigenvalue weighted by molar-refractivity contribution is 7.97. The molecule has 3 aromatic rings. The number of aliphatic imine (C=N–C) groups is 1. The maximum atomic E-state index is 4.61. The molecule has 0 saturated carbocycles. The molecule has 0 spiro atoms. The number of hydrogen-bond donors (Lipinski definition) is 0. The van der Waals surface area contributed by atoms with Gasteiger partial charge in [-0.05, 0) is 18.2 Å². The molecule has 9 heteroatoms. The zero-order valence-corrected chi connectivity index (χ0v) is 13.4. The first-order valence-corrected chi connectivity index (χ1v) is 7.41. The Bertz CT molecular complexity index is 475. The molecule has 0 saturated heterocycles. The van der Waals surface area contributed by atoms with Crippen molar-refractivity contribution in [2.45, 2.75) is 0 Å². The summed E-state index contributed by atoms with van der Waals surface area (Å²) in [6, 6.07) is 5.43. The standard InChI is InChI=1S/3C4H4N2.C3H3NOS/c1-2-6-4-3-5-1;1-2-5-4-6-3-1;1-2-4-6-5-3-1;1-2-6-5-3-4-1/h3*1-4H;1-3H. The molecule has 0 bridgehead atoms. The number of rotatable bonds is 0. The number of nitrogens with zero attached hydrogens (tertiary/aromatic N) is 7. The van der Waals surface area contributed by atoms with Gasteiger partial charge in [-0.15, -0.1) is 0 Å². The highest BCUT2D eigenvalue weighted by Crippen LogP contribution is 2.04. The van der Waals surface area contributed by atoms with Gasteiger partial charge in [-0.2, -0.15) is 10.2 Å². The molecule has 0 amide bonds. The summed E-state index contributed by atoms with van der Waals surface area (Å²) in [6.45, 7) is 0. The van der Waals surface area contributed by atoms with E-state index in [1.165, 1.54) is 24.8 Å². The second kappa shape index (κ2) is 16.2. The van der Waals surface area contributed by atoms with Crippen LogP contribution in [0.3, 0.4) is 0 Å². The van der Waals surface area contributed by atoms with E-state index in [4.69, 9.17) is 0 Å². The molecular formula is C15H15N7OS.